The highest BCUT2D eigenvalue weighted by atomic mass is 35.5. The predicted molar refractivity (Wildman–Crippen MR) is 68.7 cm³/mol. The zero-order chi connectivity index (χ0) is 10.2. The second-order valence-corrected chi connectivity index (χ2v) is 3.37. The summed E-state index contributed by atoms with van der Waals surface area (Å²) in [5, 5.41) is 6.05. The van der Waals surface area contributed by atoms with E-state index in [0.717, 1.165) is 26.2 Å². The lowest BCUT2D eigenvalue weighted by atomic mass is 10.3. The summed E-state index contributed by atoms with van der Waals surface area (Å²) < 4.78 is 4.84. The molecule has 1 heterocycles. The van der Waals surface area contributed by atoms with Crippen molar-refractivity contribution in [1.29, 1.82) is 0 Å². The molecule has 2 N–H and O–H groups in total. The molecule has 1 fully saturated rings. The van der Waals surface area contributed by atoms with Crippen LogP contribution in [0.5, 0.6) is 0 Å². The third-order valence-corrected chi connectivity index (χ3v) is 2.21. The van der Waals surface area contributed by atoms with Gasteiger partial charge in [-0.3, -0.25) is 9.69 Å². The van der Waals surface area contributed by atoms with Gasteiger partial charge in [-0.1, -0.05) is 0 Å². The summed E-state index contributed by atoms with van der Waals surface area (Å²) >= 11 is 0. The van der Waals surface area contributed by atoms with Crippen LogP contribution in [0.1, 0.15) is 0 Å². The fourth-order valence-corrected chi connectivity index (χ4v) is 1.42. The summed E-state index contributed by atoms with van der Waals surface area (Å²) in [5.41, 5.74) is 0. The van der Waals surface area contributed by atoms with Crippen LogP contribution in [-0.4, -0.2) is 63.8 Å². The van der Waals surface area contributed by atoms with Crippen molar-refractivity contribution in [2.75, 3.05) is 53.0 Å². The molecule has 7 heteroatoms. The molecule has 0 spiro atoms. The molecule has 0 bridgehead atoms. The predicted octanol–water partition coefficient (Wildman–Crippen LogP) is -0.502. The number of carbonyl (C=O) groups excluding carboxylic acids is 1. The molecule has 1 saturated heterocycles. The number of hydrogen-bond donors (Lipinski definition) is 2. The molecule has 1 amide bonds. The molecule has 5 nitrogen and oxygen atoms in total. The molecule has 98 valence electrons. The number of amides is 1. The van der Waals surface area contributed by atoms with Gasteiger partial charge in [-0.05, 0) is 0 Å². The normalized spacial score (nSPS) is 15.8. The van der Waals surface area contributed by atoms with E-state index in [4.69, 9.17) is 4.74 Å². The Hall–Kier alpha value is -0.0700. The molecular formula is C9H21Cl2N3O2. The number of nitrogens with zero attached hydrogens (tertiary/aromatic N) is 1. The lowest BCUT2D eigenvalue weighted by molar-refractivity contribution is -0.122. The number of methoxy groups -OCH3 is 1. The Morgan fingerprint density at radius 2 is 2.00 bits per heavy atom. The molecular weight excluding hydrogens is 253 g/mol. The van der Waals surface area contributed by atoms with Crippen LogP contribution in [0.25, 0.3) is 0 Å². The van der Waals surface area contributed by atoms with E-state index >= 15 is 0 Å². The number of hydrogen-bond acceptors (Lipinski definition) is 4. The van der Waals surface area contributed by atoms with Crippen LogP contribution in [0.2, 0.25) is 0 Å². The number of carbonyl (C=O) groups is 1. The van der Waals surface area contributed by atoms with Crippen LogP contribution >= 0.6 is 24.8 Å². The monoisotopic (exact) mass is 273 g/mol. The highest BCUT2D eigenvalue weighted by Crippen LogP contribution is 1.90. The summed E-state index contributed by atoms with van der Waals surface area (Å²) in [4.78, 5) is 13.5. The van der Waals surface area contributed by atoms with E-state index in [1.165, 1.54) is 0 Å². The van der Waals surface area contributed by atoms with Crippen molar-refractivity contribution in [3.05, 3.63) is 0 Å². The number of rotatable bonds is 5. The lowest BCUT2D eigenvalue weighted by Crippen LogP contribution is -2.47. The van der Waals surface area contributed by atoms with Gasteiger partial charge in [-0.2, -0.15) is 0 Å². The van der Waals surface area contributed by atoms with Crippen LogP contribution in [0.4, 0.5) is 0 Å². The fraction of sp³-hybridized carbons (Fsp3) is 0.889. The van der Waals surface area contributed by atoms with Crippen molar-refractivity contribution in [3.63, 3.8) is 0 Å². The van der Waals surface area contributed by atoms with Crippen LogP contribution in [0.3, 0.4) is 0 Å². The molecule has 0 aliphatic carbocycles. The first-order chi connectivity index (χ1) is 6.83. The van der Waals surface area contributed by atoms with Gasteiger partial charge < -0.3 is 15.4 Å². The van der Waals surface area contributed by atoms with Crippen molar-refractivity contribution >= 4 is 30.7 Å². The maximum absolute atomic E-state index is 11.4. The van der Waals surface area contributed by atoms with E-state index in [0.29, 0.717) is 19.7 Å². The van der Waals surface area contributed by atoms with Crippen molar-refractivity contribution < 1.29 is 9.53 Å². The van der Waals surface area contributed by atoms with Gasteiger partial charge in [0, 0.05) is 39.8 Å². The molecule has 0 aromatic carbocycles. The molecule has 0 aromatic rings. The largest absolute Gasteiger partial charge is 0.383 e. The number of nitrogens with one attached hydrogen (secondary N) is 2. The summed E-state index contributed by atoms with van der Waals surface area (Å²) in [6, 6.07) is 0. The Morgan fingerprint density at radius 1 is 1.38 bits per heavy atom. The standard InChI is InChI=1S/C9H19N3O2.2ClH/c1-14-7-4-11-9(13)8-12-5-2-10-3-6-12;;/h10H,2-8H2,1H3,(H,11,13);2*1H. The van der Waals surface area contributed by atoms with Gasteiger partial charge in [0.2, 0.25) is 5.91 Å². The lowest BCUT2D eigenvalue weighted by Gasteiger charge is -2.26. The minimum Gasteiger partial charge on any atom is -0.383 e. The molecule has 16 heavy (non-hydrogen) atoms. The SMILES string of the molecule is COCCNC(=O)CN1CCNCC1.Cl.Cl. The maximum Gasteiger partial charge on any atom is 0.234 e. The Balaban J connectivity index is 0. The molecule has 0 radical (unpaired) electrons. The Morgan fingerprint density at radius 3 is 2.56 bits per heavy atom. The average molecular weight is 274 g/mol. The first-order valence-electron chi connectivity index (χ1n) is 5.01. The van der Waals surface area contributed by atoms with Crippen LogP contribution in [0, 0.1) is 0 Å². The Labute approximate surface area is 109 Å². The van der Waals surface area contributed by atoms with Crippen LogP contribution in [-0.2, 0) is 9.53 Å². The molecule has 1 rings (SSSR count). The highest BCUT2D eigenvalue weighted by molar-refractivity contribution is 5.85. The Kier molecular flexibility index (Phi) is 13.1. The zero-order valence-electron chi connectivity index (χ0n) is 9.53. The van der Waals surface area contributed by atoms with Gasteiger partial charge in [0.15, 0.2) is 0 Å². The van der Waals surface area contributed by atoms with E-state index in [-0.39, 0.29) is 30.7 Å². The Bertz CT molecular complexity index is 178. The smallest absolute Gasteiger partial charge is 0.234 e. The quantitative estimate of drug-likeness (QED) is 0.664. The minimum atomic E-state index is 0. The maximum atomic E-state index is 11.4. The van der Waals surface area contributed by atoms with Crippen LogP contribution < -0.4 is 10.6 Å². The van der Waals surface area contributed by atoms with Crippen molar-refractivity contribution in [2.24, 2.45) is 0 Å². The van der Waals surface area contributed by atoms with Crippen LogP contribution in [0.15, 0.2) is 0 Å². The van der Waals surface area contributed by atoms with Crippen molar-refractivity contribution in [2.45, 2.75) is 0 Å². The first-order valence-corrected chi connectivity index (χ1v) is 5.01. The topological polar surface area (TPSA) is 53.6 Å². The fourth-order valence-electron chi connectivity index (χ4n) is 1.42. The van der Waals surface area contributed by atoms with E-state index < -0.39 is 0 Å². The van der Waals surface area contributed by atoms with E-state index in [1.54, 1.807) is 7.11 Å². The molecule has 0 atom stereocenters. The van der Waals surface area contributed by atoms with Gasteiger partial charge in [0.1, 0.15) is 0 Å². The number of halogens is 2. The molecule has 0 aromatic heterocycles. The van der Waals surface area contributed by atoms with Gasteiger partial charge in [0.25, 0.3) is 0 Å². The van der Waals surface area contributed by atoms with Gasteiger partial charge in [0.05, 0.1) is 13.2 Å². The third-order valence-electron chi connectivity index (χ3n) is 2.21. The average Bonchev–Trinajstić information content (AvgIpc) is 2.20. The van der Waals surface area contributed by atoms with Crippen molar-refractivity contribution in [3.8, 4) is 0 Å². The molecule has 0 unspecified atom stereocenters. The van der Waals surface area contributed by atoms with E-state index in [1.807, 2.05) is 0 Å². The molecule has 1 aliphatic heterocycles. The molecule has 1 aliphatic rings. The third kappa shape index (κ3) is 8.13. The van der Waals surface area contributed by atoms with Gasteiger partial charge in [-0.15, -0.1) is 24.8 Å². The second-order valence-electron chi connectivity index (χ2n) is 3.37. The number of ether oxygens (including phenoxy) is 1. The summed E-state index contributed by atoms with van der Waals surface area (Å²) in [6.07, 6.45) is 0. The van der Waals surface area contributed by atoms with Gasteiger partial charge >= 0.3 is 0 Å². The number of piperazine rings is 1. The minimum absolute atomic E-state index is 0. The zero-order valence-corrected chi connectivity index (χ0v) is 11.2. The first kappa shape index (κ1) is 18.3. The summed E-state index contributed by atoms with van der Waals surface area (Å²) in [6.45, 7) is 5.55. The van der Waals surface area contributed by atoms with E-state index in [9.17, 15) is 4.79 Å². The molecule has 0 saturated carbocycles. The highest BCUT2D eigenvalue weighted by Gasteiger charge is 2.12. The summed E-state index contributed by atoms with van der Waals surface area (Å²) in [5.74, 6) is 0.0870. The van der Waals surface area contributed by atoms with Gasteiger partial charge in [-0.25, -0.2) is 0 Å². The van der Waals surface area contributed by atoms with Crippen molar-refractivity contribution in [1.82, 2.24) is 15.5 Å². The second kappa shape index (κ2) is 11.4. The summed E-state index contributed by atoms with van der Waals surface area (Å²) in [7, 11) is 1.63. The van der Waals surface area contributed by atoms with E-state index in [2.05, 4.69) is 15.5 Å².